The molecule has 1 aromatic heterocycles. The van der Waals surface area contributed by atoms with Crippen LogP contribution in [0.15, 0.2) is 12.4 Å². The van der Waals surface area contributed by atoms with E-state index in [1.54, 1.807) is 6.20 Å². The molecule has 18 heavy (non-hydrogen) atoms. The summed E-state index contributed by atoms with van der Waals surface area (Å²) in [5, 5.41) is 0. The highest BCUT2D eigenvalue weighted by Crippen LogP contribution is 2.28. The molecule has 0 unspecified atom stereocenters. The summed E-state index contributed by atoms with van der Waals surface area (Å²) in [6.07, 6.45) is 6.10. The fourth-order valence-corrected chi connectivity index (χ4v) is 2.56. The molecule has 0 amide bonds. The number of anilines is 2. The van der Waals surface area contributed by atoms with E-state index in [1.807, 2.05) is 6.20 Å². The number of hydrogen-bond donors (Lipinski definition) is 0. The zero-order valence-electron chi connectivity index (χ0n) is 11.0. The third kappa shape index (κ3) is 2.27. The Balaban J connectivity index is 1.81. The molecule has 0 N–H and O–H groups in total. The van der Waals surface area contributed by atoms with Gasteiger partial charge in [-0.1, -0.05) is 0 Å². The van der Waals surface area contributed by atoms with E-state index in [1.165, 1.54) is 19.4 Å². The van der Waals surface area contributed by atoms with E-state index in [0.717, 1.165) is 44.4 Å². The van der Waals surface area contributed by atoms with Crippen LogP contribution in [0.5, 0.6) is 0 Å². The van der Waals surface area contributed by atoms with Gasteiger partial charge in [0.15, 0.2) is 11.6 Å². The zero-order chi connectivity index (χ0) is 12.4. The fourth-order valence-electron chi connectivity index (χ4n) is 2.56. The lowest BCUT2D eigenvalue weighted by Crippen LogP contribution is -2.40. The highest BCUT2D eigenvalue weighted by atomic mass is 15.3. The highest BCUT2D eigenvalue weighted by Gasteiger charge is 2.23. The third-order valence-electron chi connectivity index (χ3n) is 3.83. The average Bonchev–Trinajstić information content (AvgIpc) is 2.53. The van der Waals surface area contributed by atoms with Crippen molar-refractivity contribution in [3.05, 3.63) is 12.4 Å². The Kier molecular flexibility index (Phi) is 3.32. The number of aromatic nitrogens is 2. The molecule has 5 heteroatoms. The van der Waals surface area contributed by atoms with Gasteiger partial charge >= 0.3 is 0 Å². The maximum absolute atomic E-state index is 4.58. The van der Waals surface area contributed by atoms with E-state index in [-0.39, 0.29) is 0 Å². The molecule has 0 bridgehead atoms. The molecule has 3 heterocycles. The van der Waals surface area contributed by atoms with E-state index in [0.29, 0.717) is 0 Å². The Hall–Kier alpha value is -1.36. The van der Waals surface area contributed by atoms with Gasteiger partial charge in [0.2, 0.25) is 0 Å². The molecule has 0 aromatic carbocycles. The van der Waals surface area contributed by atoms with Crippen LogP contribution in [0.1, 0.15) is 12.8 Å². The number of hydrogen-bond acceptors (Lipinski definition) is 5. The lowest BCUT2D eigenvalue weighted by Gasteiger charge is -2.35. The lowest BCUT2D eigenvalue weighted by molar-refractivity contribution is 0.360. The molecule has 0 aliphatic carbocycles. The summed E-state index contributed by atoms with van der Waals surface area (Å²) in [6, 6.07) is 0. The Labute approximate surface area is 108 Å². The van der Waals surface area contributed by atoms with Crippen LogP contribution in [-0.2, 0) is 0 Å². The molecule has 2 fully saturated rings. The number of likely N-dealkylation sites (N-methyl/N-ethyl adjacent to an activating group) is 1. The Morgan fingerprint density at radius 1 is 0.778 bits per heavy atom. The lowest BCUT2D eigenvalue weighted by atomic mass is 10.2. The second-order valence-corrected chi connectivity index (χ2v) is 5.19. The van der Waals surface area contributed by atoms with Crippen molar-refractivity contribution in [1.82, 2.24) is 14.9 Å². The number of nitrogens with zero attached hydrogens (tertiary/aromatic N) is 5. The molecule has 5 nitrogen and oxygen atoms in total. The largest absolute Gasteiger partial charge is 0.353 e. The molecule has 98 valence electrons. The Morgan fingerprint density at radius 2 is 1.33 bits per heavy atom. The minimum Gasteiger partial charge on any atom is -0.353 e. The Morgan fingerprint density at radius 3 is 1.94 bits per heavy atom. The van der Waals surface area contributed by atoms with Crippen molar-refractivity contribution in [3.8, 4) is 0 Å². The van der Waals surface area contributed by atoms with Crippen molar-refractivity contribution in [2.45, 2.75) is 12.8 Å². The maximum atomic E-state index is 4.58. The van der Waals surface area contributed by atoms with Crippen molar-refractivity contribution in [2.75, 3.05) is 56.1 Å². The predicted octanol–water partition coefficient (Wildman–Crippen LogP) is 0.829. The summed E-state index contributed by atoms with van der Waals surface area (Å²) in [4.78, 5) is 16.2. The molecule has 0 radical (unpaired) electrons. The average molecular weight is 247 g/mol. The minimum atomic E-state index is 1.05. The third-order valence-corrected chi connectivity index (χ3v) is 3.83. The quantitative estimate of drug-likeness (QED) is 0.773. The van der Waals surface area contributed by atoms with E-state index in [9.17, 15) is 0 Å². The van der Waals surface area contributed by atoms with Crippen molar-refractivity contribution < 1.29 is 0 Å². The second-order valence-electron chi connectivity index (χ2n) is 5.19. The first kappa shape index (κ1) is 11.7. The normalized spacial score (nSPS) is 21.6. The molecule has 0 spiro atoms. The molecule has 1 aromatic rings. The standard InChI is InChI=1S/C13H21N5/c1-16-6-2-7-18(11-10-16)13-12(14-4-5-15-13)17-8-3-9-17/h4-5H,2-3,6-11H2,1H3. The van der Waals surface area contributed by atoms with Crippen LogP contribution in [-0.4, -0.2) is 61.2 Å². The molecule has 2 aliphatic heterocycles. The van der Waals surface area contributed by atoms with E-state index in [4.69, 9.17) is 0 Å². The van der Waals surface area contributed by atoms with Gasteiger partial charge in [0.25, 0.3) is 0 Å². The number of rotatable bonds is 2. The predicted molar refractivity (Wildman–Crippen MR) is 73.2 cm³/mol. The first-order chi connectivity index (χ1) is 8.84. The van der Waals surface area contributed by atoms with Gasteiger partial charge in [0, 0.05) is 45.1 Å². The van der Waals surface area contributed by atoms with Gasteiger partial charge in [-0.25, -0.2) is 9.97 Å². The molecule has 0 saturated carbocycles. The summed E-state index contributed by atoms with van der Waals surface area (Å²) in [5.74, 6) is 2.15. The summed E-state index contributed by atoms with van der Waals surface area (Å²) in [7, 11) is 2.19. The van der Waals surface area contributed by atoms with Gasteiger partial charge in [0.1, 0.15) is 0 Å². The summed E-state index contributed by atoms with van der Waals surface area (Å²) >= 11 is 0. The van der Waals surface area contributed by atoms with Gasteiger partial charge in [-0.05, 0) is 26.4 Å². The molecule has 2 saturated heterocycles. The highest BCUT2D eigenvalue weighted by molar-refractivity contribution is 5.63. The van der Waals surface area contributed by atoms with Crippen LogP contribution >= 0.6 is 0 Å². The second kappa shape index (κ2) is 5.10. The first-order valence-electron chi connectivity index (χ1n) is 6.84. The van der Waals surface area contributed by atoms with Crippen LogP contribution in [0.25, 0.3) is 0 Å². The maximum Gasteiger partial charge on any atom is 0.172 e. The van der Waals surface area contributed by atoms with Gasteiger partial charge < -0.3 is 14.7 Å². The molecular weight excluding hydrogens is 226 g/mol. The van der Waals surface area contributed by atoms with E-state index < -0.39 is 0 Å². The van der Waals surface area contributed by atoms with Crippen LogP contribution in [0.2, 0.25) is 0 Å². The van der Waals surface area contributed by atoms with Crippen molar-refractivity contribution >= 4 is 11.6 Å². The summed E-state index contributed by atoms with van der Waals surface area (Å²) < 4.78 is 0. The van der Waals surface area contributed by atoms with Gasteiger partial charge in [-0.2, -0.15) is 0 Å². The van der Waals surface area contributed by atoms with Gasteiger partial charge in [-0.15, -0.1) is 0 Å². The molecule has 3 rings (SSSR count). The van der Waals surface area contributed by atoms with Crippen LogP contribution < -0.4 is 9.80 Å². The van der Waals surface area contributed by atoms with Crippen molar-refractivity contribution in [2.24, 2.45) is 0 Å². The van der Waals surface area contributed by atoms with Gasteiger partial charge in [0.05, 0.1) is 0 Å². The van der Waals surface area contributed by atoms with Crippen LogP contribution in [0, 0.1) is 0 Å². The molecule has 2 aliphatic rings. The fraction of sp³-hybridized carbons (Fsp3) is 0.692. The zero-order valence-corrected chi connectivity index (χ0v) is 11.0. The molecular formula is C13H21N5. The monoisotopic (exact) mass is 247 g/mol. The van der Waals surface area contributed by atoms with Crippen LogP contribution in [0.3, 0.4) is 0 Å². The smallest absolute Gasteiger partial charge is 0.172 e. The van der Waals surface area contributed by atoms with Crippen molar-refractivity contribution in [3.63, 3.8) is 0 Å². The SMILES string of the molecule is CN1CCCN(c2nccnc2N2CCC2)CC1. The summed E-state index contributed by atoms with van der Waals surface area (Å²) in [5.41, 5.74) is 0. The Bertz CT molecular complexity index is 404. The van der Waals surface area contributed by atoms with Gasteiger partial charge in [-0.3, -0.25) is 0 Å². The minimum absolute atomic E-state index is 1.05. The van der Waals surface area contributed by atoms with E-state index in [2.05, 4.69) is 31.7 Å². The first-order valence-corrected chi connectivity index (χ1v) is 6.84. The molecule has 0 atom stereocenters. The summed E-state index contributed by atoms with van der Waals surface area (Å²) in [6.45, 7) is 6.67. The van der Waals surface area contributed by atoms with Crippen LogP contribution in [0.4, 0.5) is 11.6 Å². The van der Waals surface area contributed by atoms with Crippen molar-refractivity contribution in [1.29, 1.82) is 0 Å². The topological polar surface area (TPSA) is 35.5 Å². The van der Waals surface area contributed by atoms with E-state index >= 15 is 0 Å².